The summed E-state index contributed by atoms with van der Waals surface area (Å²) in [5, 5.41) is 1.21. The third kappa shape index (κ3) is 2.49. The van der Waals surface area contributed by atoms with Crippen molar-refractivity contribution in [3.8, 4) is 5.75 Å². The number of hydrogen-bond acceptors (Lipinski definition) is 4. The highest BCUT2D eigenvalue weighted by molar-refractivity contribution is 6.29. The molecule has 116 valence electrons. The summed E-state index contributed by atoms with van der Waals surface area (Å²) in [6.07, 6.45) is 1.00. The van der Waals surface area contributed by atoms with E-state index >= 15 is 0 Å². The first-order valence-corrected chi connectivity index (χ1v) is 7.96. The minimum absolute atomic E-state index is 0.246. The molecule has 4 rings (SSSR count). The first kappa shape index (κ1) is 14.3. The summed E-state index contributed by atoms with van der Waals surface area (Å²) in [5.41, 5.74) is 3.50. The van der Waals surface area contributed by atoms with Crippen LogP contribution in [0.3, 0.4) is 0 Å². The van der Waals surface area contributed by atoms with Gasteiger partial charge in [0.2, 0.25) is 5.28 Å². The van der Waals surface area contributed by atoms with E-state index in [-0.39, 0.29) is 5.28 Å². The van der Waals surface area contributed by atoms with Crippen LogP contribution < -0.4 is 9.64 Å². The summed E-state index contributed by atoms with van der Waals surface area (Å²) in [5.74, 6) is 1.58. The summed E-state index contributed by atoms with van der Waals surface area (Å²) in [4.78, 5) is 11.1. The van der Waals surface area contributed by atoms with Crippen molar-refractivity contribution in [1.82, 2.24) is 9.97 Å². The van der Waals surface area contributed by atoms with E-state index < -0.39 is 0 Å². The molecule has 2 aromatic carbocycles. The summed E-state index contributed by atoms with van der Waals surface area (Å²) >= 11 is 6.17. The van der Waals surface area contributed by atoms with Crippen molar-refractivity contribution in [2.45, 2.75) is 13.0 Å². The van der Waals surface area contributed by atoms with Crippen LogP contribution in [0.1, 0.15) is 11.1 Å². The Labute approximate surface area is 139 Å². The molecule has 0 bridgehead atoms. The van der Waals surface area contributed by atoms with Crippen molar-refractivity contribution in [2.24, 2.45) is 0 Å². The maximum absolute atomic E-state index is 6.17. The van der Waals surface area contributed by atoms with Gasteiger partial charge in [-0.1, -0.05) is 30.3 Å². The van der Waals surface area contributed by atoms with E-state index in [9.17, 15) is 0 Å². The third-order valence-electron chi connectivity index (χ3n) is 4.29. The van der Waals surface area contributed by atoms with Gasteiger partial charge in [-0.25, -0.2) is 4.98 Å². The van der Waals surface area contributed by atoms with Crippen LogP contribution in [0, 0.1) is 0 Å². The number of ether oxygens (including phenoxy) is 1. The lowest BCUT2D eigenvalue weighted by Crippen LogP contribution is -2.31. The second-order valence-corrected chi connectivity index (χ2v) is 5.95. The molecule has 4 nitrogen and oxygen atoms in total. The summed E-state index contributed by atoms with van der Waals surface area (Å²) in [7, 11) is 1.64. The van der Waals surface area contributed by atoms with Crippen LogP contribution in [-0.4, -0.2) is 23.6 Å². The van der Waals surface area contributed by atoms with Crippen molar-refractivity contribution >= 4 is 28.3 Å². The Morgan fingerprint density at radius 2 is 1.87 bits per heavy atom. The van der Waals surface area contributed by atoms with Crippen LogP contribution in [0.2, 0.25) is 5.28 Å². The number of halogens is 1. The fourth-order valence-corrected chi connectivity index (χ4v) is 3.33. The molecule has 0 saturated carbocycles. The average Bonchev–Trinajstić information content (AvgIpc) is 2.60. The zero-order valence-electron chi connectivity index (χ0n) is 12.8. The van der Waals surface area contributed by atoms with Crippen LogP contribution in [0.4, 0.5) is 5.82 Å². The lowest BCUT2D eigenvalue weighted by molar-refractivity contribution is 0.419. The molecule has 0 atom stereocenters. The van der Waals surface area contributed by atoms with Gasteiger partial charge in [0.25, 0.3) is 0 Å². The first-order valence-electron chi connectivity index (χ1n) is 7.58. The highest BCUT2D eigenvalue weighted by Gasteiger charge is 2.21. The second-order valence-electron chi connectivity index (χ2n) is 5.61. The van der Waals surface area contributed by atoms with E-state index in [0.717, 1.165) is 36.2 Å². The largest absolute Gasteiger partial charge is 0.494 e. The van der Waals surface area contributed by atoms with Gasteiger partial charge in [-0.2, -0.15) is 4.98 Å². The summed E-state index contributed by atoms with van der Waals surface area (Å²) in [6, 6.07) is 14.4. The van der Waals surface area contributed by atoms with Crippen molar-refractivity contribution in [3.05, 3.63) is 58.9 Å². The summed E-state index contributed by atoms with van der Waals surface area (Å²) in [6.45, 7) is 1.74. The smallest absolute Gasteiger partial charge is 0.225 e. The van der Waals surface area contributed by atoms with Crippen LogP contribution in [0.15, 0.2) is 42.5 Å². The van der Waals surface area contributed by atoms with Crippen LogP contribution >= 0.6 is 11.6 Å². The van der Waals surface area contributed by atoms with Gasteiger partial charge in [0.1, 0.15) is 17.1 Å². The molecule has 3 aromatic rings. The maximum Gasteiger partial charge on any atom is 0.225 e. The van der Waals surface area contributed by atoms with E-state index in [1.807, 2.05) is 18.2 Å². The van der Waals surface area contributed by atoms with Gasteiger partial charge in [-0.15, -0.1) is 0 Å². The Bertz CT molecular complexity index is 881. The van der Waals surface area contributed by atoms with E-state index in [1.54, 1.807) is 7.11 Å². The topological polar surface area (TPSA) is 38.2 Å². The molecule has 0 saturated heterocycles. The molecule has 0 amide bonds. The zero-order chi connectivity index (χ0) is 15.8. The first-order chi connectivity index (χ1) is 11.3. The quantitative estimate of drug-likeness (QED) is 0.671. The number of fused-ring (bicyclic) bond motifs is 2. The molecule has 1 aliphatic heterocycles. The fraction of sp³-hybridized carbons (Fsp3) is 0.222. The number of nitrogens with zero attached hydrogens (tertiary/aromatic N) is 3. The Morgan fingerprint density at radius 1 is 1.04 bits per heavy atom. The van der Waals surface area contributed by atoms with Gasteiger partial charge in [0.15, 0.2) is 0 Å². The third-order valence-corrected chi connectivity index (χ3v) is 4.46. The minimum Gasteiger partial charge on any atom is -0.494 e. The molecule has 2 heterocycles. The van der Waals surface area contributed by atoms with E-state index in [4.69, 9.17) is 16.3 Å². The van der Waals surface area contributed by atoms with Gasteiger partial charge >= 0.3 is 0 Å². The highest BCUT2D eigenvalue weighted by Crippen LogP contribution is 2.33. The van der Waals surface area contributed by atoms with Gasteiger partial charge < -0.3 is 9.64 Å². The molecule has 5 heteroatoms. The Morgan fingerprint density at radius 3 is 2.70 bits per heavy atom. The molecule has 23 heavy (non-hydrogen) atoms. The predicted octanol–water partition coefficient (Wildman–Crippen LogP) is 3.85. The van der Waals surface area contributed by atoms with E-state index in [1.165, 1.54) is 11.1 Å². The SMILES string of the molecule is COc1cccc2c(N3CCc4ccccc4C3)nc(Cl)nc12. The minimum atomic E-state index is 0.246. The average molecular weight is 326 g/mol. The van der Waals surface area contributed by atoms with Crippen molar-refractivity contribution in [3.63, 3.8) is 0 Å². The number of anilines is 1. The van der Waals surface area contributed by atoms with Crippen molar-refractivity contribution in [2.75, 3.05) is 18.6 Å². The predicted molar refractivity (Wildman–Crippen MR) is 92.3 cm³/mol. The number of methoxy groups -OCH3 is 1. The van der Waals surface area contributed by atoms with Crippen molar-refractivity contribution in [1.29, 1.82) is 0 Å². The molecule has 1 aromatic heterocycles. The van der Waals surface area contributed by atoms with Gasteiger partial charge in [0.05, 0.1) is 7.11 Å². The fourth-order valence-electron chi connectivity index (χ4n) is 3.17. The maximum atomic E-state index is 6.17. The van der Waals surface area contributed by atoms with Gasteiger partial charge in [-0.05, 0) is 41.3 Å². The summed E-state index contributed by atoms with van der Waals surface area (Å²) < 4.78 is 5.41. The standard InChI is InChI=1S/C18H16ClN3O/c1-23-15-8-4-7-14-16(15)20-18(19)21-17(14)22-10-9-12-5-2-3-6-13(12)11-22/h2-8H,9-11H2,1H3. The highest BCUT2D eigenvalue weighted by atomic mass is 35.5. The molecule has 0 radical (unpaired) electrons. The number of aromatic nitrogens is 2. The lowest BCUT2D eigenvalue weighted by Gasteiger charge is -2.30. The monoisotopic (exact) mass is 325 g/mol. The molecule has 0 spiro atoms. The number of rotatable bonds is 2. The van der Waals surface area contributed by atoms with Gasteiger partial charge in [-0.3, -0.25) is 0 Å². The second kappa shape index (κ2) is 5.70. The number of hydrogen-bond donors (Lipinski definition) is 0. The molecule has 0 aliphatic carbocycles. The van der Waals surface area contributed by atoms with Crippen LogP contribution in [0.25, 0.3) is 10.9 Å². The van der Waals surface area contributed by atoms with Crippen molar-refractivity contribution < 1.29 is 4.74 Å². The van der Waals surface area contributed by atoms with Crippen LogP contribution in [-0.2, 0) is 13.0 Å². The Kier molecular flexibility index (Phi) is 3.54. The van der Waals surface area contributed by atoms with E-state index in [0.29, 0.717) is 5.75 Å². The zero-order valence-corrected chi connectivity index (χ0v) is 13.5. The van der Waals surface area contributed by atoms with Gasteiger partial charge in [0, 0.05) is 18.5 Å². The lowest BCUT2D eigenvalue weighted by atomic mass is 10.00. The Hall–Kier alpha value is -2.33. The van der Waals surface area contributed by atoms with E-state index in [2.05, 4.69) is 39.1 Å². The normalized spacial score (nSPS) is 13.9. The number of para-hydroxylation sites is 1. The molecular formula is C18H16ClN3O. The molecule has 0 fully saturated rings. The number of benzene rings is 2. The molecule has 0 unspecified atom stereocenters. The molecular weight excluding hydrogens is 310 g/mol. The molecule has 1 aliphatic rings. The van der Waals surface area contributed by atoms with Crippen LogP contribution in [0.5, 0.6) is 5.75 Å². The Balaban J connectivity index is 1.84. The molecule has 0 N–H and O–H groups in total.